The zero-order valence-corrected chi connectivity index (χ0v) is 29.1. The minimum absolute atomic E-state index is 0.0243. The number of benzene rings is 2. The lowest BCUT2D eigenvalue weighted by atomic mass is 9.95. The van der Waals surface area contributed by atoms with E-state index in [0.717, 1.165) is 92.1 Å². The molecule has 2 amide bonds. The lowest BCUT2D eigenvalue weighted by Crippen LogP contribution is -2.45. The molecule has 0 spiro atoms. The summed E-state index contributed by atoms with van der Waals surface area (Å²) >= 11 is 13.6. The molecule has 0 aliphatic carbocycles. The third-order valence-corrected chi connectivity index (χ3v) is 10.4. The number of aryl methyl sites for hydroxylation is 1. The standard InChI is InChI=1S/C35H48Cl2N6O2/c1-7-42-14-12-24(13-15-42)39-33(44)26-18-28-30(20-29(26)43-16-10-22(2)11-17-43)41(6)31(40-28)19-25-27(36)9-8-23(32(25)37)21-38-34(45)35(3,4)5/h8-9,18,20,22,24H,7,10-17,19,21H2,1-6H3,(H,38,45)(H,39,44). The Hall–Kier alpha value is -2.81. The third kappa shape index (κ3) is 7.61. The largest absolute Gasteiger partial charge is 0.371 e. The first-order valence-electron chi connectivity index (χ1n) is 16.4. The van der Waals surface area contributed by atoms with Crippen LogP contribution in [0.15, 0.2) is 24.3 Å². The molecule has 2 aromatic carbocycles. The summed E-state index contributed by atoms with van der Waals surface area (Å²) in [5.41, 5.74) is 4.47. The average molecular weight is 656 g/mol. The van der Waals surface area contributed by atoms with Crippen LogP contribution in [0.2, 0.25) is 10.0 Å². The molecule has 2 saturated heterocycles. The van der Waals surface area contributed by atoms with Gasteiger partial charge in [0.15, 0.2) is 0 Å². The topological polar surface area (TPSA) is 82.5 Å². The quantitative estimate of drug-likeness (QED) is 0.287. The van der Waals surface area contributed by atoms with E-state index < -0.39 is 5.41 Å². The number of rotatable bonds is 8. The number of hydrogen-bond donors (Lipinski definition) is 2. The van der Waals surface area contributed by atoms with Gasteiger partial charge in [-0.2, -0.15) is 0 Å². The molecule has 8 nitrogen and oxygen atoms in total. The van der Waals surface area contributed by atoms with Crippen molar-refractivity contribution in [3.05, 3.63) is 56.8 Å². The number of amides is 2. The number of imidazole rings is 1. The molecule has 5 rings (SSSR count). The molecule has 0 atom stereocenters. The maximum atomic E-state index is 13.9. The Balaban J connectivity index is 1.45. The summed E-state index contributed by atoms with van der Waals surface area (Å²) in [6.07, 6.45) is 4.56. The summed E-state index contributed by atoms with van der Waals surface area (Å²) in [4.78, 5) is 36.1. The number of nitrogens with zero attached hydrogens (tertiary/aromatic N) is 4. The molecular formula is C35H48Cl2N6O2. The number of anilines is 1. The van der Waals surface area contributed by atoms with Crippen molar-refractivity contribution in [2.24, 2.45) is 18.4 Å². The van der Waals surface area contributed by atoms with E-state index in [1.54, 1.807) is 0 Å². The van der Waals surface area contributed by atoms with Gasteiger partial charge in [-0.15, -0.1) is 0 Å². The van der Waals surface area contributed by atoms with Crippen molar-refractivity contribution in [1.82, 2.24) is 25.1 Å². The van der Waals surface area contributed by atoms with E-state index in [9.17, 15) is 9.59 Å². The number of carbonyl (C=O) groups is 2. The van der Waals surface area contributed by atoms with Crippen LogP contribution < -0.4 is 15.5 Å². The zero-order chi connectivity index (χ0) is 32.5. The van der Waals surface area contributed by atoms with Gasteiger partial charge in [0, 0.05) is 62.7 Å². The summed E-state index contributed by atoms with van der Waals surface area (Å²) < 4.78 is 2.08. The van der Waals surface area contributed by atoms with Gasteiger partial charge < -0.3 is 25.0 Å². The predicted molar refractivity (Wildman–Crippen MR) is 184 cm³/mol. The second-order valence-corrected chi connectivity index (χ2v) is 14.7. The third-order valence-electron chi connectivity index (χ3n) is 9.55. The van der Waals surface area contributed by atoms with E-state index in [0.29, 0.717) is 34.5 Å². The molecule has 3 heterocycles. The second kappa shape index (κ2) is 13.9. The molecule has 2 aliphatic rings. The Kier molecular flexibility index (Phi) is 10.4. The molecule has 2 aliphatic heterocycles. The van der Waals surface area contributed by atoms with Crippen molar-refractivity contribution < 1.29 is 9.59 Å². The Morgan fingerprint density at radius 2 is 1.71 bits per heavy atom. The van der Waals surface area contributed by atoms with Crippen molar-refractivity contribution in [2.75, 3.05) is 37.6 Å². The Bertz CT molecular complexity index is 1550. The van der Waals surface area contributed by atoms with E-state index >= 15 is 0 Å². The Morgan fingerprint density at radius 3 is 2.36 bits per heavy atom. The summed E-state index contributed by atoms with van der Waals surface area (Å²) in [7, 11) is 2.00. The van der Waals surface area contributed by atoms with Gasteiger partial charge in [-0.3, -0.25) is 9.59 Å². The Morgan fingerprint density at radius 1 is 1.02 bits per heavy atom. The fourth-order valence-corrected chi connectivity index (χ4v) is 6.90. The second-order valence-electron chi connectivity index (χ2n) is 13.9. The molecule has 45 heavy (non-hydrogen) atoms. The molecule has 0 unspecified atom stereocenters. The van der Waals surface area contributed by atoms with Gasteiger partial charge >= 0.3 is 0 Å². The van der Waals surface area contributed by atoms with Crippen molar-refractivity contribution in [2.45, 2.75) is 79.3 Å². The lowest BCUT2D eigenvalue weighted by Gasteiger charge is -2.34. The van der Waals surface area contributed by atoms with Gasteiger partial charge in [-0.1, -0.05) is 63.9 Å². The summed E-state index contributed by atoms with van der Waals surface area (Å²) in [6.45, 7) is 15.4. The monoisotopic (exact) mass is 654 g/mol. The molecule has 2 fully saturated rings. The number of carbonyl (C=O) groups excluding carboxylic acids is 2. The number of likely N-dealkylation sites (tertiary alicyclic amines) is 1. The summed E-state index contributed by atoms with van der Waals surface area (Å²) in [5, 5.41) is 7.41. The van der Waals surface area contributed by atoms with Crippen LogP contribution in [-0.2, 0) is 24.8 Å². The zero-order valence-electron chi connectivity index (χ0n) is 27.6. The van der Waals surface area contributed by atoms with Crippen LogP contribution in [0.25, 0.3) is 11.0 Å². The van der Waals surface area contributed by atoms with Crippen LogP contribution in [0.3, 0.4) is 0 Å². The smallest absolute Gasteiger partial charge is 0.253 e. The van der Waals surface area contributed by atoms with E-state index in [-0.39, 0.29) is 17.9 Å². The number of fused-ring (bicyclic) bond motifs is 1. The molecule has 2 N–H and O–H groups in total. The van der Waals surface area contributed by atoms with Gasteiger partial charge in [0.25, 0.3) is 5.91 Å². The summed E-state index contributed by atoms with van der Waals surface area (Å²) in [6, 6.07) is 7.96. The molecule has 3 aromatic rings. The molecular weight excluding hydrogens is 607 g/mol. The fraction of sp³-hybridized carbons (Fsp3) is 0.571. The van der Waals surface area contributed by atoms with Gasteiger partial charge in [-0.05, 0) is 67.5 Å². The molecule has 0 bridgehead atoms. The minimum atomic E-state index is -0.498. The van der Waals surface area contributed by atoms with Crippen LogP contribution in [-0.4, -0.2) is 65.0 Å². The fourth-order valence-electron chi connectivity index (χ4n) is 6.33. The van der Waals surface area contributed by atoms with Gasteiger partial charge in [0.2, 0.25) is 5.91 Å². The van der Waals surface area contributed by atoms with E-state index in [1.165, 1.54) is 0 Å². The molecule has 0 saturated carbocycles. The SMILES string of the molecule is CCN1CCC(NC(=O)c2cc3nc(Cc4c(Cl)ccc(CNC(=O)C(C)(C)C)c4Cl)n(C)c3cc2N2CCC(C)CC2)CC1. The van der Waals surface area contributed by atoms with Crippen LogP contribution in [0.1, 0.15) is 87.6 Å². The van der Waals surface area contributed by atoms with Gasteiger partial charge in [0.05, 0.1) is 27.3 Å². The van der Waals surface area contributed by atoms with Crippen LogP contribution in [0.5, 0.6) is 0 Å². The maximum Gasteiger partial charge on any atom is 0.253 e. The lowest BCUT2D eigenvalue weighted by molar-refractivity contribution is -0.128. The number of aromatic nitrogens is 2. The molecule has 10 heteroatoms. The maximum absolute atomic E-state index is 13.9. The highest BCUT2D eigenvalue weighted by molar-refractivity contribution is 6.36. The normalized spacial score (nSPS) is 17.2. The Labute approximate surface area is 277 Å². The van der Waals surface area contributed by atoms with Gasteiger partial charge in [0.1, 0.15) is 5.82 Å². The molecule has 0 radical (unpaired) electrons. The highest BCUT2D eigenvalue weighted by Crippen LogP contribution is 2.34. The van der Waals surface area contributed by atoms with Crippen molar-refractivity contribution in [3.8, 4) is 0 Å². The van der Waals surface area contributed by atoms with Crippen LogP contribution >= 0.6 is 23.2 Å². The number of hydrogen-bond acceptors (Lipinski definition) is 5. The van der Waals surface area contributed by atoms with Gasteiger partial charge in [-0.25, -0.2) is 4.98 Å². The number of halogens is 2. The van der Waals surface area contributed by atoms with Crippen molar-refractivity contribution in [3.63, 3.8) is 0 Å². The first kappa shape index (κ1) is 33.6. The van der Waals surface area contributed by atoms with E-state index in [4.69, 9.17) is 28.2 Å². The van der Waals surface area contributed by atoms with Crippen molar-refractivity contribution in [1.29, 1.82) is 0 Å². The minimum Gasteiger partial charge on any atom is -0.371 e. The van der Waals surface area contributed by atoms with Crippen molar-refractivity contribution >= 4 is 51.7 Å². The first-order chi connectivity index (χ1) is 21.3. The highest BCUT2D eigenvalue weighted by atomic mass is 35.5. The summed E-state index contributed by atoms with van der Waals surface area (Å²) in [5.74, 6) is 1.41. The average Bonchev–Trinajstić information content (AvgIpc) is 3.32. The molecule has 244 valence electrons. The number of piperidine rings is 2. The van der Waals surface area contributed by atoms with Crippen LogP contribution in [0, 0.1) is 11.3 Å². The van der Waals surface area contributed by atoms with E-state index in [1.807, 2.05) is 46.0 Å². The van der Waals surface area contributed by atoms with E-state index in [2.05, 4.69) is 44.9 Å². The molecule has 1 aromatic heterocycles. The highest BCUT2D eigenvalue weighted by Gasteiger charge is 2.27. The number of nitrogens with one attached hydrogen (secondary N) is 2. The first-order valence-corrected chi connectivity index (χ1v) is 17.1. The predicted octanol–water partition coefficient (Wildman–Crippen LogP) is 6.58. The van der Waals surface area contributed by atoms with Crippen LogP contribution in [0.4, 0.5) is 5.69 Å².